The number of benzene rings is 1. The normalized spacial score (nSPS) is 21.9. The third-order valence-corrected chi connectivity index (χ3v) is 6.44. The number of allylic oxidation sites excluding steroid dienone is 5. The molecule has 1 aliphatic carbocycles. The summed E-state index contributed by atoms with van der Waals surface area (Å²) in [6, 6.07) is 8.41. The Morgan fingerprint density at radius 1 is 0.929 bits per heavy atom. The minimum atomic E-state index is 0.119. The number of fused-ring (bicyclic) bond motifs is 2. The van der Waals surface area contributed by atoms with E-state index in [1.54, 1.807) is 0 Å². The van der Waals surface area contributed by atoms with Crippen molar-refractivity contribution >= 4 is 40.1 Å². The third-order valence-electron chi connectivity index (χ3n) is 5.48. The van der Waals surface area contributed by atoms with E-state index in [2.05, 4.69) is 80.8 Å². The summed E-state index contributed by atoms with van der Waals surface area (Å²) in [5, 5.41) is 6.64. The highest BCUT2D eigenvalue weighted by atomic mass is 32.1. The Bertz CT molecular complexity index is 872. The molecule has 28 heavy (non-hydrogen) atoms. The fraction of sp³-hybridized carbons (Fsp3) is 0.417. The second kappa shape index (κ2) is 8.30. The second-order valence-corrected chi connectivity index (χ2v) is 9.87. The van der Waals surface area contributed by atoms with Gasteiger partial charge in [-0.3, -0.25) is 0 Å². The average molecular weight is 411 g/mol. The summed E-state index contributed by atoms with van der Waals surface area (Å²) in [6.45, 7) is 8.81. The number of para-hydroxylation sites is 1. The number of hydrogen-bond acceptors (Lipinski definition) is 2. The first-order valence-electron chi connectivity index (χ1n) is 9.97. The molecule has 2 nitrogen and oxygen atoms in total. The molecule has 3 aliphatic rings. The molecule has 0 aromatic heterocycles. The molecule has 2 aliphatic heterocycles. The van der Waals surface area contributed by atoms with Crippen LogP contribution in [-0.2, 0) is 6.42 Å². The zero-order chi connectivity index (χ0) is 20.4. The number of piperidine rings is 1. The quantitative estimate of drug-likeness (QED) is 0.477. The Kier molecular flexibility index (Phi) is 6.21. The molecule has 2 N–H and O–H groups in total. The first-order chi connectivity index (χ1) is 13.2. The summed E-state index contributed by atoms with van der Waals surface area (Å²) >= 11 is 10.6. The van der Waals surface area contributed by atoms with Crippen molar-refractivity contribution in [3.05, 3.63) is 65.4 Å². The van der Waals surface area contributed by atoms with E-state index in [9.17, 15) is 0 Å². The highest BCUT2D eigenvalue weighted by Gasteiger charge is 2.27. The number of anilines is 1. The van der Waals surface area contributed by atoms with Gasteiger partial charge in [0.2, 0.25) is 0 Å². The number of rotatable bonds is 0. The van der Waals surface area contributed by atoms with E-state index in [-0.39, 0.29) is 10.8 Å². The molecular formula is C24H30N2S2. The molecule has 2 heterocycles. The third kappa shape index (κ3) is 5.18. The number of nitrogens with one attached hydrogen (secondary N) is 2. The van der Waals surface area contributed by atoms with E-state index in [1.807, 2.05) is 6.07 Å². The van der Waals surface area contributed by atoms with E-state index in [0.717, 1.165) is 35.7 Å². The van der Waals surface area contributed by atoms with Crippen LogP contribution in [0.3, 0.4) is 0 Å². The fourth-order valence-corrected chi connectivity index (χ4v) is 3.95. The van der Waals surface area contributed by atoms with Crippen LogP contribution in [0.5, 0.6) is 0 Å². The lowest BCUT2D eigenvalue weighted by atomic mass is 9.87. The van der Waals surface area contributed by atoms with Gasteiger partial charge in [-0.1, -0.05) is 94.6 Å². The largest absolute Gasteiger partial charge is 0.350 e. The van der Waals surface area contributed by atoms with Gasteiger partial charge in [-0.25, -0.2) is 0 Å². The molecule has 1 aromatic carbocycles. The van der Waals surface area contributed by atoms with Crippen molar-refractivity contribution in [3.63, 3.8) is 0 Å². The monoisotopic (exact) mass is 410 g/mol. The number of aryl methyl sites for hydroxylation is 1. The molecule has 0 saturated carbocycles. The molecule has 0 spiro atoms. The van der Waals surface area contributed by atoms with Crippen LogP contribution in [0.25, 0.3) is 0 Å². The number of hydrogen-bond donors (Lipinski definition) is 2. The van der Waals surface area contributed by atoms with Crippen molar-refractivity contribution < 1.29 is 0 Å². The van der Waals surface area contributed by atoms with Gasteiger partial charge in [0, 0.05) is 28.6 Å². The zero-order valence-corrected chi connectivity index (χ0v) is 18.9. The predicted octanol–water partition coefficient (Wildman–Crippen LogP) is 6.50. The highest BCUT2D eigenvalue weighted by molar-refractivity contribution is 7.80. The Hall–Kier alpha value is -1.78. The Morgan fingerprint density at radius 3 is 2.46 bits per heavy atom. The molecule has 0 bridgehead atoms. The van der Waals surface area contributed by atoms with Crippen LogP contribution >= 0.6 is 24.4 Å². The maximum absolute atomic E-state index is 5.39. The molecule has 1 fully saturated rings. The van der Waals surface area contributed by atoms with Gasteiger partial charge in [0.15, 0.2) is 0 Å². The first kappa shape index (κ1) is 20.9. The molecule has 0 radical (unpaired) electrons. The molecule has 148 valence electrons. The Labute approximate surface area is 180 Å². The molecule has 1 aromatic rings. The molecular weight excluding hydrogens is 380 g/mol. The van der Waals surface area contributed by atoms with E-state index in [0.29, 0.717) is 0 Å². The highest BCUT2D eigenvalue weighted by Crippen LogP contribution is 2.32. The van der Waals surface area contributed by atoms with Gasteiger partial charge in [-0.15, -0.1) is 0 Å². The second-order valence-electron chi connectivity index (χ2n) is 8.97. The van der Waals surface area contributed by atoms with Crippen LogP contribution in [0, 0.1) is 10.8 Å². The first-order valence-corrected chi connectivity index (χ1v) is 10.8. The molecule has 0 atom stereocenters. The van der Waals surface area contributed by atoms with Crippen molar-refractivity contribution in [1.29, 1.82) is 0 Å². The smallest absolute Gasteiger partial charge is 0.0854 e. The van der Waals surface area contributed by atoms with E-state index in [4.69, 9.17) is 24.4 Å². The van der Waals surface area contributed by atoms with Gasteiger partial charge in [-0.2, -0.15) is 0 Å². The summed E-state index contributed by atoms with van der Waals surface area (Å²) in [5.41, 5.74) is 5.38. The van der Waals surface area contributed by atoms with Crippen molar-refractivity contribution in [2.75, 3.05) is 5.32 Å². The Balaban J connectivity index is 0.000000161. The van der Waals surface area contributed by atoms with Crippen LogP contribution in [0.15, 0.2) is 59.8 Å². The Morgan fingerprint density at radius 2 is 1.68 bits per heavy atom. The summed E-state index contributed by atoms with van der Waals surface area (Å²) in [5.74, 6) is 0. The lowest BCUT2D eigenvalue weighted by Crippen LogP contribution is -2.27. The summed E-state index contributed by atoms with van der Waals surface area (Å²) in [7, 11) is 0. The lowest BCUT2D eigenvalue weighted by molar-refractivity contribution is 0.486. The van der Waals surface area contributed by atoms with E-state index < -0.39 is 0 Å². The zero-order valence-electron chi connectivity index (χ0n) is 17.3. The summed E-state index contributed by atoms with van der Waals surface area (Å²) < 4.78 is 0. The predicted molar refractivity (Wildman–Crippen MR) is 129 cm³/mol. The van der Waals surface area contributed by atoms with Gasteiger partial charge in [0.25, 0.3) is 0 Å². The van der Waals surface area contributed by atoms with Gasteiger partial charge in [-0.05, 0) is 36.5 Å². The van der Waals surface area contributed by atoms with Crippen LogP contribution in [0.4, 0.5) is 5.69 Å². The minimum Gasteiger partial charge on any atom is -0.350 e. The van der Waals surface area contributed by atoms with Crippen LogP contribution < -0.4 is 10.6 Å². The van der Waals surface area contributed by atoms with E-state index in [1.165, 1.54) is 22.5 Å². The van der Waals surface area contributed by atoms with Crippen LogP contribution in [0.1, 0.15) is 52.5 Å². The molecule has 0 amide bonds. The van der Waals surface area contributed by atoms with Gasteiger partial charge in [0.1, 0.15) is 0 Å². The number of thiocarbonyl (C=S) groups is 2. The SMILES string of the molecule is CC1(C)C=CC=C2CCC(=S)NC2=C1.CC1(C)CCc2ccccc2NC1=S. The topological polar surface area (TPSA) is 24.1 Å². The molecule has 1 saturated heterocycles. The molecule has 4 rings (SSSR count). The minimum absolute atomic E-state index is 0.119. The summed E-state index contributed by atoms with van der Waals surface area (Å²) in [6.07, 6.45) is 13.1. The van der Waals surface area contributed by atoms with E-state index >= 15 is 0 Å². The van der Waals surface area contributed by atoms with Crippen molar-refractivity contribution in [2.45, 2.75) is 53.4 Å². The van der Waals surface area contributed by atoms with Crippen LogP contribution in [-0.4, -0.2) is 9.98 Å². The standard InChI is InChI=1S/2C12H15NS/c1-12(2)7-3-4-9-5-6-11(14)13-10(9)8-12;1-12(2)8-7-9-5-3-4-6-10(9)13-11(12)14/h3-4,7-8H,5-6H2,1-2H3,(H,13,14);3-6H,7-8H2,1-2H3,(H,13,14). The van der Waals surface area contributed by atoms with Crippen molar-refractivity contribution in [2.24, 2.45) is 10.8 Å². The van der Waals surface area contributed by atoms with Crippen LogP contribution in [0.2, 0.25) is 0 Å². The van der Waals surface area contributed by atoms with Gasteiger partial charge < -0.3 is 10.6 Å². The molecule has 4 heteroatoms. The fourth-order valence-electron chi connectivity index (χ4n) is 3.52. The van der Waals surface area contributed by atoms with Gasteiger partial charge >= 0.3 is 0 Å². The van der Waals surface area contributed by atoms with Crippen molar-refractivity contribution in [3.8, 4) is 0 Å². The maximum atomic E-state index is 5.39. The average Bonchev–Trinajstić information content (AvgIpc) is 2.84. The van der Waals surface area contributed by atoms with Crippen molar-refractivity contribution in [1.82, 2.24) is 5.32 Å². The summed E-state index contributed by atoms with van der Waals surface area (Å²) in [4.78, 5) is 1.92. The maximum Gasteiger partial charge on any atom is 0.0854 e. The van der Waals surface area contributed by atoms with Gasteiger partial charge in [0.05, 0.1) is 9.98 Å². The molecule has 0 unspecified atom stereocenters. The lowest BCUT2D eigenvalue weighted by Gasteiger charge is -2.23.